The van der Waals surface area contributed by atoms with Gasteiger partial charge in [0.05, 0.1) is 5.69 Å². The largest absolute Gasteiger partial charge is 0.345 e. The van der Waals surface area contributed by atoms with Gasteiger partial charge in [-0.05, 0) is 26.3 Å². The molecule has 4 nitrogen and oxygen atoms in total. The van der Waals surface area contributed by atoms with Crippen LogP contribution in [-0.2, 0) is 6.54 Å². The molecule has 0 amide bonds. The maximum Gasteiger partial charge on any atom is 0.205 e. The number of hydrogen-bond acceptors (Lipinski definition) is 3. The average Bonchev–Trinajstić information content (AvgIpc) is 2.64. The molecule has 0 saturated carbocycles. The highest BCUT2D eigenvalue weighted by atomic mass is 15.3. The summed E-state index contributed by atoms with van der Waals surface area (Å²) in [6, 6.07) is 0. The zero-order chi connectivity index (χ0) is 12.0. The summed E-state index contributed by atoms with van der Waals surface area (Å²) in [5.41, 5.74) is 6.61. The summed E-state index contributed by atoms with van der Waals surface area (Å²) in [6.45, 7) is 7.02. The highest BCUT2D eigenvalue weighted by Gasteiger charge is 2.09. The smallest absolute Gasteiger partial charge is 0.205 e. The second-order valence-corrected chi connectivity index (χ2v) is 4.29. The summed E-state index contributed by atoms with van der Waals surface area (Å²) in [5.74, 6) is 1.07. The first-order valence-corrected chi connectivity index (χ1v) is 6.14. The number of unbranched alkanes of at least 4 members (excludes halogenated alkanes) is 1. The van der Waals surface area contributed by atoms with Crippen molar-refractivity contribution in [3.8, 4) is 0 Å². The van der Waals surface area contributed by atoms with E-state index in [1.54, 1.807) is 0 Å². The molecule has 0 fully saturated rings. The van der Waals surface area contributed by atoms with Gasteiger partial charge in [0.2, 0.25) is 5.95 Å². The summed E-state index contributed by atoms with van der Waals surface area (Å²) in [6.07, 6.45) is 5.55. The van der Waals surface area contributed by atoms with E-state index >= 15 is 0 Å². The molecule has 0 bridgehead atoms. The summed E-state index contributed by atoms with van der Waals surface area (Å²) in [7, 11) is 2.08. The van der Waals surface area contributed by atoms with E-state index in [1.807, 2.05) is 6.92 Å². The molecule has 0 radical (unpaired) electrons. The van der Waals surface area contributed by atoms with Crippen LogP contribution in [0.3, 0.4) is 0 Å². The van der Waals surface area contributed by atoms with Gasteiger partial charge in [-0.1, -0.05) is 13.3 Å². The van der Waals surface area contributed by atoms with Crippen molar-refractivity contribution in [3.05, 3.63) is 11.9 Å². The zero-order valence-electron chi connectivity index (χ0n) is 10.7. The lowest BCUT2D eigenvalue weighted by Crippen LogP contribution is -2.24. The van der Waals surface area contributed by atoms with E-state index in [0.717, 1.165) is 37.7 Å². The highest BCUT2D eigenvalue weighted by molar-refractivity contribution is 5.31. The Labute approximate surface area is 98.5 Å². The lowest BCUT2D eigenvalue weighted by Gasteiger charge is -2.19. The SMILES string of the molecule is CCCCn1cc(C)nc1N(C)CCCN. The number of hydrogen-bond donors (Lipinski definition) is 1. The maximum absolute atomic E-state index is 5.52. The first kappa shape index (κ1) is 13.0. The van der Waals surface area contributed by atoms with Crippen molar-refractivity contribution in [2.45, 2.75) is 39.7 Å². The average molecular weight is 224 g/mol. The Morgan fingerprint density at radius 2 is 2.19 bits per heavy atom. The molecule has 0 aliphatic carbocycles. The van der Waals surface area contributed by atoms with Gasteiger partial charge in [-0.2, -0.15) is 0 Å². The Kier molecular flexibility index (Phi) is 5.32. The van der Waals surface area contributed by atoms with Crippen molar-refractivity contribution < 1.29 is 0 Å². The third-order valence-corrected chi connectivity index (χ3v) is 2.67. The quantitative estimate of drug-likeness (QED) is 0.768. The molecule has 1 aromatic heterocycles. The van der Waals surface area contributed by atoms with Gasteiger partial charge in [-0.3, -0.25) is 0 Å². The van der Waals surface area contributed by atoms with Crippen LogP contribution in [-0.4, -0.2) is 29.7 Å². The molecule has 0 atom stereocenters. The lowest BCUT2D eigenvalue weighted by atomic mass is 10.3. The first-order valence-electron chi connectivity index (χ1n) is 6.14. The third-order valence-electron chi connectivity index (χ3n) is 2.67. The Bertz CT molecular complexity index is 306. The number of anilines is 1. The van der Waals surface area contributed by atoms with Crippen LogP contribution in [0.15, 0.2) is 6.20 Å². The molecular formula is C12H24N4. The fourth-order valence-corrected chi connectivity index (χ4v) is 1.76. The molecule has 0 aliphatic rings. The van der Waals surface area contributed by atoms with E-state index in [0.29, 0.717) is 0 Å². The van der Waals surface area contributed by atoms with Gasteiger partial charge in [0.1, 0.15) is 0 Å². The van der Waals surface area contributed by atoms with Gasteiger partial charge in [0, 0.05) is 26.3 Å². The van der Waals surface area contributed by atoms with Crippen LogP contribution >= 0.6 is 0 Å². The molecular weight excluding hydrogens is 200 g/mol. The summed E-state index contributed by atoms with van der Waals surface area (Å²) >= 11 is 0. The van der Waals surface area contributed by atoms with Crippen LogP contribution in [0.4, 0.5) is 5.95 Å². The standard InChI is InChI=1S/C12H24N4/c1-4-5-9-16-10-11(2)14-12(16)15(3)8-6-7-13/h10H,4-9,13H2,1-3H3. The van der Waals surface area contributed by atoms with Gasteiger partial charge in [0.15, 0.2) is 0 Å². The summed E-state index contributed by atoms with van der Waals surface area (Å²) < 4.78 is 2.25. The van der Waals surface area contributed by atoms with Crippen molar-refractivity contribution in [3.63, 3.8) is 0 Å². The van der Waals surface area contributed by atoms with Crippen LogP contribution in [0.2, 0.25) is 0 Å². The normalized spacial score (nSPS) is 10.8. The van der Waals surface area contributed by atoms with Crippen molar-refractivity contribution in [2.75, 3.05) is 25.0 Å². The summed E-state index contributed by atoms with van der Waals surface area (Å²) in [4.78, 5) is 6.75. The van der Waals surface area contributed by atoms with E-state index in [2.05, 4.69) is 34.6 Å². The molecule has 0 unspecified atom stereocenters. The predicted molar refractivity (Wildman–Crippen MR) is 68.8 cm³/mol. The molecule has 0 aliphatic heterocycles. The fourth-order valence-electron chi connectivity index (χ4n) is 1.76. The number of aryl methyl sites for hydroxylation is 2. The Morgan fingerprint density at radius 1 is 1.44 bits per heavy atom. The van der Waals surface area contributed by atoms with Crippen molar-refractivity contribution in [2.24, 2.45) is 5.73 Å². The summed E-state index contributed by atoms with van der Waals surface area (Å²) in [5, 5.41) is 0. The lowest BCUT2D eigenvalue weighted by molar-refractivity contribution is 0.619. The van der Waals surface area contributed by atoms with Crippen molar-refractivity contribution in [1.29, 1.82) is 0 Å². The number of aromatic nitrogens is 2. The van der Waals surface area contributed by atoms with Crippen LogP contribution in [0, 0.1) is 6.92 Å². The van der Waals surface area contributed by atoms with E-state index in [-0.39, 0.29) is 0 Å². The minimum atomic E-state index is 0.735. The van der Waals surface area contributed by atoms with Gasteiger partial charge in [-0.25, -0.2) is 4.98 Å². The third kappa shape index (κ3) is 3.52. The van der Waals surface area contributed by atoms with Crippen LogP contribution in [0.1, 0.15) is 31.9 Å². The minimum absolute atomic E-state index is 0.735. The molecule has 1 aromatic rings. The second-order valence-electron chi connectivity index (χ2n) is 4.29. The van der Waals surface area contributed by atoms with Gasteiger partial charge in [0.25, 0.3) is 0 Å². The van der Waals surface area contributed by atoms with E-state index < -0.39 is 0 Å². The van der Waals surface area contributed by atoms with Crippen LogP contribution < -0.4 is 10.6 Å². The number of nitrogens with zero attached hydrogens (tertiary/aromatic N) is 3. The van der Waals surface area contributed by atoms with Crippen molar-refractivity contribution in [1.82, 2.24) is 9.55 Å². The van der Waals surface area contributed by atoms with Crippen molar-refractivity contribution >= 4 is 5.95 Å². The number of rotatable bonds is 7. The Balaban J connectivity index is 2.68. The highest BCUT2D eigenvalue weighted by Crippen LogP contribution is 2.14. The zero-order valence-corrected chi connectivity index (χ0v) is 10.7. The van der Waals surface area contributed by atoms with E-state index in [4.69, 9.17) is 5.73 Å². The Morgan fingerprint density at radius 3 is 2.81 bits per heavy atom. The molecule has 0 saturated heterocycles. The molecule has 2 N–H and O–H groups in total. The molecule has 92 valence electrons. The molecule has 1 rings (SSSR count). The Hall–Kier alpha value is -1.03. The molecule has 0 spiro atoms. The number of nitrogens with two attached hydrogens (primary N) is 1. The molecule has 4 heteroatoms. The van der Waals surface area contributed by atoms with Gasteiger partial charge in [-0.15, -0.1) is 0 Å². The second kappa shape index (κ2) is 6.53. The molecule has 0 aromatic carbocycles. The predicted octanol–water partition coefficient (Wildman–Crippen LogP) is 1.78. The molecule has 16 heavy (non-hydrogen) atoms. The monoisotopic (exact) mass is 224 g/mol. The number of imidazole rings is 1. The minimum Gasteiger partial charge on any atom is -0.345 e. The first-order chi connectivity index (χ1) is 7.69. The van der Waals surface area contributed by atoms with Crippen LogP contribution in [0.5, 0.6) is 0 Å². The van der Waals surface area contributed by atoms with E-state index in [9.17, 15) is 0 Å². The van der Waals surface area contributed by atoms with E-state index in [1.165, 1.54) is 12.8 Å². The topological polar surface area (TPSA) is 47.1 Å². The van der Waals surface area contributed by atoms with Gasteiger partial charge < -0.3 is 15.2 Å². The molecule has 1 heterocycles. The van der Waals surface area contributed by atoms with Gasteiger partial charge >= 0.3 is 0 Å². The van der Waals surface area contributed by atoms with Crippen LogP contribution in [0.25, 0.3) is 0 Å². The fraction of sp³-hybridized carbons (Fsp3) is 0.750. The maximum atomic E-state index is 5.52.